The number of hydrogen-bond acceptors (Lipinski definition) is 5. The molecule has 23 heavy (non-hydrogen) atoms. The Bertz CT molecular complexity index is 652. The maximum atomic E-state index is 10.1. The molecule has 0 saturated heterocycles. The van der Waals surface area contributed by atoms with E-state index in [9.17, 15) is 5.11 Å². The summed E-state index contributed by atoms with van der Waals surface area (Å²) in [4.78, 5) is 8.27. The number of nitrogens with zero attached hydrogens (tertiary/aromatic N) is 2. The first-order valence-electron chi connectivity index (χ1n) is 7.60. The molecule has 0 aliphatic carbocycles. The van der Waals surface area contributed by atoms with E-state index in [2.05, 4.69) is 9.97 Å². The van der Waals surface area contributed by atoms with E-state index in [4.69, 9.17) is 9.39 Å². The van der Waals surface area contributed by atoms with E-state index in [-0.39, 0.29) is 0 Å². The highest BCUT2D eigenvalue weighted by atomic mass is 16.5. The molecule has 1 N–H and O–H groups in total. The molecule has 2 rings (SSSR count). The molecule has 0 amide bonds. The van der Waals surface area contributed by atoms with Gasteiger partial charge in [-0.15, -0.1) is 0 Å². The van der Waals surface area contributed by atoms with Crippen molar-refractivity contribution in [1.29, 1.82) is 0 Å². The lowest BCUT2D eigenvalue weighted by Gasteiger charge is -2.37. The van der Waals surface area contributed by atoms with Gasteiger partial charge in [-0.25, -0.2) is 9.97 Å². The zero-order valence-electron chi connectivity index (χ0n) is 14.3. The Morgan fingerprint density at radius 2 is 1.70 bits per heavy atom. The minimum Gasteiger partial charge on any atom is -0.427 e. The van der Waals surface area contributed by atoms with Crippen molar-refractivity contribution in [3.63, 3.8) is 0 Å². The van der Waals surface area contributed by atoms with Crippen LogP contribution in [0.15, 0.2) is 36.5 Å². The Kier molecular flexibility index (Phi) is 5.07. The smallest absolute Gasteiger partial charge is 0.322 e. The van der Waals surface area contributed by atoms with E-state index in [1.54, 1.807) is 20.0 Å². The van der Waals surface area contributed by atoms with Crippen molar-refractivity contribution in [3.8, 4) is 11.8 Å². The highest BCUT2D eigenvalue weighted by molar-refractivity contribution is 6.47. The van der Waals surface area contributed by atoms with Gasteiger partial charge in [-0.3, -0.25) is 0 Å². The van der Waals surface area contributed by atoms with Gasteiger partial charge in [0, 0.05) is 11.9 Å². The number of aliphatic hydroxyl groups is 1. The lowest BCUT2D eigenvalue weighted by molar-refractivity contribution is -0.0893. The Balaban J connectivity index is 1.97. The molecule has 0 spiro atoms. The second kappa shape index (κ2) is 6.68. The second-order valence-corrected chi connectivity index (χ2v) is 6.58. The summed E-state index contributed by atoms with van der Waals surface area (Å²) in [7, 11) is 0.415. The molecule has 0 radical (unpaired) electrons. The topological polar surface area (TPSA) is 64.5 Å². The maximum Gasteiger partial charge on any atom is 0.322 e. The van der Waals surface area contributed by atoms with Gasteiger partial charge < -0.3 is 14.5 Å². The van der Waals surface area contributed by atoms with Crippen LogP contribution in [0.4, 0.5) is 0 Å². The van der Waals surface area contributed by atoms with Gasteiger partial charge in [-0.1, -0.05) is 17.6 Å². The summed E-state index contributed by atoms with van der Waals surface area (Å²) in [6.45, 7) is 9.12. The molecule has 1 heterocycles. The Morgan fingerprint density at radius 3 is 2.26 bits per heavy atom. The summed E-state index contributed by atoms with van der Waals surface area (Å²) in [6, 6.07) is 9.69. The van der Waals surface area contributed by atoms with E-state index in [0.29, 0.717) is 19.2 Å². The van der Waals surface area contributed by atoms with Gasteiger partial charge in [-0.05, 0) is 52.8 Å². The molecule has 122 valence electrons. The molecule has 0 bridgehead atoms. The number of aromatic nitrogens is 2. The highest BCUT2D eigenvalue weighted by Gasteiger charge is 2.35. The van der Waals surface area contributed by atoms with Crippen molar-refractivity contribution in [1.82, 2.24) is 9.97 Å². The Hall–Kier alpha value is -1.92. The van der Waals surface area contributed by atoms with Gasteiger partial charge in [0.1, 0.15) is 5.75 Å². The van der Waals surface area contributed by atoms with Gasteiger partial charge in [0.2, 0.25) is 0 Å². The lowest BCUT2D eigenvalue weighted by atomic mass is 9.82. The molecule has 1 aromatic carbocycles. The molecule has 0 fully saturated rings. The summed E-state index contributed by atoms with van der Waals surface area (Å²) in [5.41, 5.74) is 0.296. The van der Waals surface area contributed by atoms with E-state index >= 15 is 0 Å². The summed E-state index contributed by atoms with van der Waals surface area (Å²) < 4.78 is 11.4. The van der Waals surface area contributed by atoms with E-state index < -0.39 is 11.2 Å². The Labute approximate surface area is 138 Å². The predicted octanol–water partition coefficient (Wildman–Crippen LogP) is 2.12. The SMILES string of the molecule is Cc1ccnc(Oc2ccc(BOC(C)(C)C(C)(C)O)cc2)n1. The molecule has 2 aromatic rings. The van der Waals surface area contributed by atoms with Crippen LogP contribution in [0.3, 0.4) is 0 Å². The molecular formula is C17H23BN2O3. The van der Waals surface area contributed by atoms with Crippen molar-refractivity contribution in [2.24, 2.45) is 0 Å². The van der Waals surface area contributed by atoms with Crippen molar-refractivity contribution in [3.05, 3.63) is 42.2 Å². The highest BCUT2D eigenvalue weighted by Crippen LogP contribution is 2.24. The molecule has 5 nitrogen and oxygen atoms in total. The van der Waals surface area contributed by atoms with Gasteiger partial charge in [0.05, 0.1) is 11.2 Å². The molecule has 1 aromatic heterocycles. The number of hydrogen-bond donors (Lipinski definition) is 1. The second-order valence-electron chi connectivity index (χ2n) is 6.58. The van der Waals surface area contributed by atoms with E-state index in [1.807, 2.05) is 51.1 Å². The molecule has 0 aliphatic rings. The van der Waals surface area contributed by atoms with Crippen LogP contribution in [0.5, 0.6) is 11.8 Å². The van der Waals surface area contributed by atoms with Crippen LogP contribution in [0.1, 0.15) is 33.4 Å². The largest absolute Gasteiger partial charge is 0.427 e. The third-order valence-corrected chi connectivity index (χ3v) is 3.98. The first-order valence-corrected chi connectivity index (χ1v) is 7.60. The third kappa shape index (κ3) is 4.78. The molecule has 0 unspecified atom stereocenters. The van der Waals surface area contributed by atoms with Gasteiger partial charge in [-0.2, -0.15) is 0 Å². The number of benzene rings is 1. The number of ether oxygens (including phenoxy) is 1. The summed E-state index contributed by atoms with van der Waals surface area (Å²) in [6.07, 6.45) is 1.67. The van der Waals surface area contributed by atoms with Crippen LogP contribution in [-0.4, -0.2) is 33.8 Å². The quantitative estimate of drug-likeness (QED) is 0.828. The lowest BCUT2D eigenvalue weighted by Crippen LogP contribution is -2.49. The van der Waals surface area contributed by atoms with E-state index in [0.717, 1.165) is 11.2 Å². The van der Waals surface area contributed by atoms with Crippen molar-refractivity contribution >= 4 is 12.9 Å². The Morgan fingerprint density at radius 1 is 1.04 bits per heavy atom. The van der Waals surface area contributed by atoms with Crippen LogP contribution >= 0.6 is 0 Å². The molecular weight excluding hydrogens is 291 g/mol. The van der Waals surface area contributed by atoms with Crippen LogP contribution in [0.2, 0.25) is 0 Å². The molecule has 0 saturated carbocycles. The fourth-order valence-corrected chi connectivity index (χ4v) is 1.67. The average Bonchev–Trinajstić information content (AvgIpc) is 2.45. The number of rotatable bonds is 6. The maximum absolute atomic E-state index is 10.1. The molecule has 0 atom stereocenters. The van der Waals surface area contributed by atoms with Crippen molar-refractivity contribution < 1.29 is 14.5 Å². The van der Waals surface area contributed by atoms with Crippen LogP contribution < -0.4 is 10.2 Å². The fraction of sp³-hybridized carbons (Fsp3) is 0.412. The first kappa shape index (κ1) is 17.4. The van der Waals surface area contributed by atoms with Crippen molar-refractivity contribution in [2.45, 2.75) is 45.8 Å². The van der Waals surface area contributed by atoms with Crippen LogP contribution in [0.25, 0.3) is 0 Å². The molecule has 0 aliphatic heterocycles. The summed E-state index contributed by atoms with van der Waals surface area (Å²) in [5.74, 6) is 0.668. The predicted molar refractivity (Wildman–Crippen MR) is 91.5 cm³/mol. The standard InChI is InChI=1S/C17H23BN2O3/c1-12-10-11-19-15(20-12)22-14-8-6-13(7-9-14)18-23-17(4,5)16(2,3)21/h6-11,18,21H,1-5H3. The number of aryl methyl sites for hydroxylation is 1. The van der Waals surface area contributed by atoms with Crippen LogP contribution in [0, 0.1) is 6.92 Å². The first-order chi connectivity index (χ1) is 10.7. The summed E-state index contributed by atoms with van der Waals surface area (Å²) in [5, 5.41) is 10.1. The van der Waals surface area contributed by atoms with Gasteiger partial charge in [0.15, 0.2) is 0 Å². The van der Waals surface area contributed by atoms with Crippen molar-refractivity contribution in [2.75, 3.05) is 0 Å². The monoisotopic (exact) mass is 314 g/mol. The third-order valence-electron chi connectivity index (χ3n) is 3.98. The minimum absolute atomic E-state index is 0.331. The van der Waals surface area contributed by atoms with E-state index in [1.165, 1.54) is 0 Å². The average molecular weight is 314 g/mol. The normalized spacial score (nSPS) is 12.1. The zero-order chi connectivity index (χ0) is 17.1. The molecule has 6 heteroatoms. The zero-order valence-corrected chi connectivity index (χ0v) is 14.3. The fourth-order valence-electron chi connectivity index (χ4n) is 1.67. The van der Waals surface area contributed by atoms with Gasteiger partial charge >= 0.3 is 13.5 Å². The minimum atomic E-state index is -0.918. The summed E-state index contributed by atoms with van der Waals surface area (Å²) >= 11 is 0. The van der Waals surface area contributed by atoms with Crippen LogP contribution in [-0.2, 0) is 4.65 Å². The van der Waals surface area contributed by atoms with Gasteiger partial charge in [0.25, 0.3) is 0 Å².